The average Bonchev–Trinajstić information content (AvgIpc) is 2.16. The Bertz CT molecular complexity index is 319. The zero-order valence-corrected chi connectivity index (χ0v) is 10.5. The van der Waals surface area contributed by atoms with Crippen LogP contribution in [0.3, 0.4) is 0 Å². The highest BCUT2D eigenvalue weighted by molar-refractivity contribution is 9.09. The highest BCUT2D eigenvalue weighted by atomic mass is 79.9. The van der Waals surface area contributed by atoms with Gasteiger partial charge in [0, 0.05) is 4.83 Å². The number of carbonyl (C=O) groups is 1. The van der Waals surface area contributed by atoms with Crippen LogP contribution in [-0.4, -0.2) is 5.24 Å². The van der Waals surface area contributed by atoms with E-state index in [9.17, 15) is 4.79 Å². The molecule has 1 rings (SSSR count). The number of alkyl halides is 1. The quantitative estimate of drug-likeness (QED) is 0.602. The SMILES string of the molecule is CC(Br)c1ccc(C(C)C(=O)Cl)cc1. The molecule has 0 aliphatic rings. The minimum Gasteiger partial charge on any atom is -0.281 e. The third kappa shape index (κ3) is 2.82. The number of benzene rings is 1. The summed E-state index contributed by atoms with van der Waals surface area (Å²) < 4.78 is 0. The topological polar surface area (TPSA) is 17.1 Å². The van der Waals surface area contributed by atoms with Crippen LogP contribution in [0.2, 0.25) is 0 Å². The number of hydrogen-bond donors (Lipinski definition) is 0. The summed E-state index contributed by atoms with van der Waals surface area (Å²) in [5.41, 5.74) is 2.16. The highest BCUT2D eigenvalue weighted by Gasteiger charge is 2.12. The van der Waals surface area contributed by atoms with E-state index in [4.69, 9.17) is 11.6 Å². The van der Waals surface area contributed by atoms with Crippen molar-refractivity contribution in [1.29, 1.82) is 0 Å². The second kappa shape index (κ2) is 4.94. The van der Waals surface area contributed by atoms with E-state index in [-0.39, 0.29) is 11.2 Å². The van der Waals surface area contributed by atoms with Gasteiger partial charge >= 0.3 is 0 Å². The van der Waals surface area contributed by atoms with Crippen molar-refractivity contribution in [2.75, 3.05) is 0 Å². The van der Waals surface area contributed by atoms with E-state index >= 15 is 0 Å². The molecular formula is C11H12BrClO. The molecule has 0 N–H and O–H groups in total. The summed E-state index contributed by atoms with van der Waals surface area (Å²) in [6.45, 7) is 3.87. The summed E-state index contributed by atoms with van der Waals surface area (Å²) in [7, 11) is 0. The van der Waals surface area contributed by atoms with Crippen molar-refractivity contribution in [3.05, 3.63) is 35.4 Å². The Kier molecular flexibility index (Phi) is 4.14. The molecule has 76 valence electrons. The predicted molar refractivity (Wildman–Crippen MR) is 63.1 cm³/mol. The number of rotatable bonds is 3. The Hall–Kier alpha value is -0.340. The molecule has 2 atom stereocenters. The van der Waals surface area contributed by atoms with Crippen molar-refractivity contribution in [1.82, 2.24) is 0 Å². The van der Waals surface area contributed by atoms with Gasteiger partial charge in [0.05, 0.1) is 5.92 Å². The molecule has 3 heteroatoms. The molecule has 1 nitrogen and oxygen atoms in total. The molecule has 14 heavy (non-hydrogen) atoms. The van der Waals surface area contributed by atoms with Crippen LogP contribution in [0.25, 0.3) is 0 Å². The monoisotopic (exact) mass is 274 g/mol. The van der Waals surface area contributed by atoms with Gasteiger partial charge in [-0.2, -0.15) is 0 Å². The van der Waals surface area contributed by atoms with Gasteiger partial charge in [-0.05, 0) is 29.7 Å². The predicted octanol–water partition coefficient (Wildman–Crippen LogP) is 4.01. The molecule has 0 aliphatic carbocycles. The van der Waals surface area contributed by atoms with Crippen molar-refractivity contribution in [3.8, 4) is 0 Å². The summed E-state index contributed by atoms with van der Waals surface area (Å²) in [6.07, 6.45) is 0. The first-order chi connectivity index (χ1) is 6.52. The van der Waals surface area contributed by atoms with E-state index in [1.807, 2.05) is 31.2 Å². The Morgan fingerprint density at radius 3 is 2.00 bits per heavy atom. The molecule has 2 unspecified atom stereocenters. The van der Waals surface area contributed by atoms with E-state index in [2.05, 4.69) is 22.9 Å². The van der Waals surface area contributed by atoms with Gasteiger partial charge in [0.15, 0.2) is 0 Å². The first-order valence-corrected chi connectivity index (χ1v) is 5.75. The molecule has 1 aromatic carbocycles. The van der Waals surface area contributed by atoms with Crippen LogP contribution < -0.4 is 0 Å². The lowest BCUT2D eigenvalue weighted by Crippen LogP contribution is -2.01. The summed E-state index contributed by atoms with van der Waals surface area (Å²) in [4.78, 5) is 11.3. The molecule has 0 heterocycles. The number of hydrogen-bond acceptors (Lipinski definition) is 1. The maximum atomic E-state index is 10.9. The third-order valence-electron chi connectivity index (χ3n) is 2.24. The Morgan fingerprint density at radius 1 is 1.21 bits per heavy atom. The fourth-order valence-corrected chi connectivity index (χ4v) is 1.61. The smallest absolute Gasteiger partial charge is 0.228 e. The van der Waals surface area contributed by atoms with E-state index < -0.39 is 0 Å². The maximum absolute atomic E-state index is 10.9. The first kappa shape index (κ1) is 11.7. The minimum atomic E-state index is -0.315. The molecule has 0 saturated heterocycles. The maximum Gasteiger partial charge on any atom is 0.228 e. The summed E-state index contributed by atoms with van der Waals surface area (Å²) >= 11 is 8.90. The fraction of sp³-hybridized carbons (Fsp3) is 0.364. The molecule has 0 fully saturated rings. The van der Waals surface area contributed by atoms with Crippen molar-refractivity contribution in [2.24, 2.45) is 0 Å². The van der Waals surface area contributed by atoms with Crippen LogP contribution in [-0.2, 0) is 4.79 Å². The Labute approximate surface area is 97.6 Å². The van der Waals surface area contributed by atoms with E-state index in [1.54, 1.807) is 0 Å². The largest absolute Gasteiger partial charge is 0.281 e. The molecule has 0 radical (unpaired) electrons. The van der Waals surface area contributed by atoms with Gasteiger partial charge in [0.2, 0.25) is 5.24 Å². The van der Waals surface area contributed by atoms with Gasteiger partial charge in [-0.25, -0.2) is 0 Å². The van der Waals surface area contributed by atoms with Gasteiger partial charge in [-0.1, -0.05) is 47.1 Å². The van der Waals surface area contributed by atoms with Crippen LogP contribution in [0, 0.1) is 0 Å². The van der Waals surface area contributed by atoms with Crippen molar-refractivity contribution >= 4 is 32.8 Å². The molecule has 1 aromatic rings. The first-order valence-electron chi connectivity index (χ1n) is 4.45. The van der Waals surface area contributed by atoms with Gasteiger partial charge in [-0.3, -0.25) is 4.79 Å². The van der Waals surface area contributed by atoms with E-state index in [1.165, 1.54) is 5.56 Å². The van der Waals surface area contributed by atoms with Crippen LogP contribution in [0.5, 0.6) is 0 Å². The summed E-state index contributed by atoms with van der Waals surface area (Å²) in [6, 6.07) is 7.90. The lowest BCUT2D eigenvalue weighted by Gasteiger charge is -2.08. The standard InChI is InChI=1S/C11H12BrClO/c1-7(11(13)14)9-3-5-10(6-4-9)8(2)12/h3-8H,1-2H3. The summed E-state index contributed by atoms with van der Waals surface area (Å²) in [5.74, 6) is -0.226. The van der Waals surface area contributed by atoms with Gasteiger partial charge in [0.25, 0.3) is 0 Å². The molecule has 0 bridgehead atoms. The zero-order valence-electron chi connectivity index (χ0n) is 8.13. The van der Waals surface area contributed by atoms with Crippen LogP contribution in [0.15, 0.2) is 24.3 Å². The second-order valence-electron chi connectivity index (χ2n) is 3.31. The molecule has 0 aliphatic heterocycles. The number of halogens is 2. The molecule has 0 spiro atoms. The zero-order chi connectivity index (χ0) is 10.7. The van der Waals surface area contributed by atoms with E-state index in [0.29, 0.717) is 4.83 Å². The highest BCUT2D eigenvalue weighted by Crippen LogP contribution is 2.24. The van der Waals surface area contributed by atoms with Crippen molar-refractivity contribution in [2.45, 2.75) is 24.6 Å². The minimum absolute atomic E-state index is 0.226. The Balaban J connectivity index is 2.88. The molecule has 0 amide bonds. The lowest BCUT2D eigenvalue weighted by molar-refractivity contribution is -0.112. The average molecular weight is 276 g/mol. The fourth-order valence-electron chi connectivity index (χ4n) is 1.18. The molecular weight excluding hydrogens is 263 g/mol. The number of carbonyl (C=O) groups excluding carboxylic acids is 1. The normalized spacial score (nSPS) is 14.9. The second-order valence-corrected chi connectivity index (χ2v) is 5.05. The van der Waals surface area contributed by atoms with Crippen LogP contribution in [0.4, 0.5) is 0 Å². The van der Waals surface area contributed by atoms with Crippen LogP contribution in [0.1, 0.15) is 35.7 Å². The molecule has 0 aromatic heterocycles. The van der Waals surface area contributed by atoms with Gasteiger partial charge in [0.1, 0.15) is 0 Å². The van der Waals surface area contributed by atoms with Crippen molar-refractivity contribution < 1.29 is 4.79 Å². The van der Waals surface area contributed by atoms with Gasteiger partial charge in [-0.15, -0.1) is 0 Å². The lowest BCUT2D eigenvalue weighted by atomic mass is 10.0. The van der Waals surface area contributed by atoms with Crippen molar-refractivity contribution in [3.63, 3.8) is 0 Å². The van der Waals surface area contributed by atoms with Crippen LogP contribution >= 0.6 is 27.5 Å². The third-order valence-corrected chi connectivity index (χ3v) is 3.09. The molecule has 0 saturated carbocycles. The summed E-state index contributed by atoms with van der Waals surface area (Å²) in [5, 5.41) is -0.315. The Morgan fingerprint density at radius 2 is 1.64 bits per heavy atom. The van der Waals surface area contributed by atoms with E-state index in [0.717, 1.165) is 5.56 Å². The van der Waals surface area contributed by atoms with Gasteiger partial charge < -0.3 is 0 Å².